The number of nitrogens with zero attached hydrogens (tertiary/aromatic N) is 2. The van der Waals surface area contributed by atoms with Crippen molar-refractivity contribution in [3.63, 3.8) is 0 Å². The fourth-order valence-electron chi connectivity index (χ4n) is 1.40. The number of amides is 1. The molecule has 1 amide bonds. The molecule has 0 bridgehead atoms. The highest BCUT2D eigenvalue weighted by Crippen LogP contribution is 2.25. The molecule has 0 saturated carbocycles. The summed E-state index contributed by atoms with van der Waals surface area (Å²) in [7, 11) is 0. The van der Waals surface area contributed by atoms with Crippen LogP contribution in [0.2, 0.25) is 0 Å². The van der Waals surface area contributed by atoms with Gasteiger partial charge in [0.05, 0.1) is 12.5 Å². The Balaban J connectivity index is 5.06. The fraction of sp³-hybridized carbons (Fsp3) is 0.571. The Morgan fingerprint density at radius 1 is 1.28 bits per heavy atom. The molecule has 7 nitrogen and oxygen atoms in total. The Kier molecular flexibility index (Phi) is 11.5. The van der Waals surface area contributed by atoms with Crippen molar-refractivity contribution in [1.82, 2.24) is 10.2 Å². The smallest absolute Gasteiger partial charge is 0.412 e. The topological polar surface area (TPSA) is 91.7 Å². The van der Waals surface area contributed by atoms with Gasteiger partial charge >= 0.3 is 12.1 Å². The van der Waals surface area contributed by atoms with E-state index in [2.05, 4.69) is 5.32 Å². The molecule has 0 atom stereocenters. The molecule has 140 valence electrons. The predicted octanol–water partition coefficient (Wildman–Crippen LogP) is 3.09. The van der Waals surface area contributed by atoms with Gasteiger partial charge in [0.15, 0.2) is 0 Å². The first-order chi connectivity index (χ1) is 11.6. The van der Waals surface area contributed by atoms with Crippen molar-refractivity contribution in [2.24, 2.45) is 0 Å². The summed E-state index contributed by atoms with van der Waals surface area (Å²) >= 11 is 21.5. The van der Waals surface area contributed by atoms with Gasteiger partial charge in [-0.3, -0.25) is 5.32 Å². The summed E-state index contributed by atoms with van der Waals surface area (Å²) in [5, 5.41) is 10.7. The number of halogens is 3. The Bertz CT molecular complexity index is 555. The minimum Gasteiger partial charge on any atom is -0.461 e. The summed E-state index contributed by atoms with van der Waals surface area (Å²) in [5.74, 6) is -0.770. The second kappa shape index (κ2) is 12.1. The quantitative estimate of drug-likeness (QED) is 0.208. The molecule has 0 aromatic rings. The number of nitriles is 1. The molecule has 0 radical (unpaired) electrons. The maximum Gasteiger partial charge on any atom is 0.412 e. The van der Waals surface area contributed by atoms with Crippen LogP contribution < -0.4 is 5.32 Å². The zero-order chi connectivity index (χ0) is 19.5. The number of carbonyl (C=O) groups excluding carboxylic acids is 2. The molecule has 0 aromatic heterocycles. The Hall–Kier alpha value is -1.27. The van der Waals surface area contributed by atoms with Crippen LogP contribution in [0, 0.1) is 11.3 Å². The van der Waals surface area contributed by atoms with Gasteiger partial charge in [-0.1, -0.05) is 47.0 Å². The molecule has 0 spiro atoms. The van der Waals surface area contributed by atoms with Gasteiger partial charge in [-0.2, -0.15) is 5.26 Å². The minimum absolute atomic E-state index is 0.0375. The van der Waals surface area contributed by atoms with Gasteiger partial charge in [-0.15, -0.1) is 0 Å². The number of carbonyl (C=O) groups is 2. The molecule has 0 aliphatic carbocycles. The third-order valence-electron chi connectivity index (χ3n) is 2.62. The maximum absolute atomic E-state index is 12.2. The standard InChI is InChI=1S/C14H18Cl3N3O4S/c1-3-20(4-2)8-10(12(21)23-7-5-6-18)11(25)19-13(22)24-9-14(15,16)17/h8H,3-5,7,9H2,1-2H3,(H,19,22,25)/b10-8+. The van der Waals surface area contributed by atoms with Gasteiger partial charge in [-0.25, -0.2) is 9.59 Å². The molecule has 0 rings (SSSR count). The van der Waals surface area contributed by atoms with Crippen molar-refractivity contribution >= 4 is 64.1 Å². The molecule has 0 heterocycles. The third-order valence-corrected chi connectivity index (χ3v) is 3.27. The summed E-state index contributed by atoms with van der Waals surface area (Å²) in [4.78, 5) is 25.4. The van der Waals surface area contributed by atoms with E-state index >= 15 is 0 Å². The predicted molar refractivity (Wildman–Crippen MR) is 99.6 cm³/mol. The molecular weight excluding hydrogens is 413 g/mol. The van der Waals surface area contributed by atoms with E-state index in [0.717, 1.165) is 0 Å². The summed E-state index contributed by atoms with van der Waals surface area (Å²) in [6.07, 6.45) is 0.522. The number of ether oxygens (including phenoxy) is 2. The average molecular weight is 431 g/mol. The molecule has 1 N–H and O–H groups in total. The number of alkyl carbamates (subject to hydrolysis) is 1. The van der Waals surface area contributed by atoms with Crippen molar-refractivity contribution in [2.75, 3.05) is 26.3 Å². The van der Waals surface area contributed by atoms with E-state index in [4.69, 9.17) is 61.8 Å². The lowest BCUT2D eigenvalue weighted by atomic mass is 10.2. The molecule has 0 aliphatic rings. The number of esters is 1. The number of hydrogen-bond acceptors (Lipinski definition) is 7. The lowest BCUT2D eigenvalue weighted by Crippen LogP contribution is -2.36. The van der Waals surface area contributed by atoms with Gasteiger partial charge in [-0.05, 0) is 13.8 Å². The maximum atomic E-state index is 12.2. The summed E-state index contributed by atoms with van der Waals surface area (Å²) in [6, 6.07) is 1.85. The lowest BCUT2D eigenvalue weighted by molar-refractivity contribution is -0.138. The van der Waals surface area contributed by atoms with Crippen LogP contribution in [-0.2, 0) is 14.3 Å². The SMILES string of the molecule is CCN(/C=C(/C(=O)OCCC#N)C(=S)NC(=O)OCC(Cl)(Cl)Cl)CC. The van der Waals surface area contributed by atoms with Gasteiger partial charge in [0, 0.05) is 19.3 Å². The molecular formula is C14H18Cl3N3O4S. The summed E-state index contributed by atoms with van der Waals surface area (Å²) in [6.45, 7) is 4.38. The van der Waals surface area contributed by atoms with Crippen molar-refractivity contribution in [2.45, 2.75) is 24.1 Å². The van der Waals surface area contributed by atoms with E-state index in [1.807, 2.05) is 19.9 Å². The van der Waals surface area contributed by atoms with Gasteiger partial charge in [0.1, 0.15) is 23.8 Å². The van der Waals surface area contributed by atoms with Crippen LogP contribution in [0.25, 0.3) is 0 Å². The molecule has 0 fully saturated rings. The number of thiocarbonyl (C=S) groups is 1. The highest BCUT2D eigenvalue weighted by Gasteiger charge is 2.24. The highest BCUT2D eigenvalue weighted by atomic mass is 35.6. The summed E-state index contributed by atoms with van der Waals surface area (Å²) < 4.78 is 7.88. The number of nitrogens with one attached hydrogen (secondary N) is 1. The van der Waals surface area contributed by atoms with E-state index in [9.17, 15) is 9.59 Å². The molecule has 0 aliphatic heterocycles. The number of rotatable bonds is 8. The monoisotopic (exact) mass is 429 g/mol. The van der Waals surface area contributed by atoms with Crippen LogP contribution in [0.1, 0.15) is 20.3 Å². The largest absolute Gasteiger partial charge is 0.461 e. The van der Waals surface area contributed by atoms with Crippen molar-refractivity contribution in [3.8, 4) is 6.07 Å². The van der Waals surface area contributed by atoms with E-state index in [1.54, 1.807) is 4.90 Å². The van der Waals surface area contributed by atoms with Crippen molar-refractivity contribution in [3.05, 3.63) is 11.8 Å². The zero-order valence-electron chi connectivity index (χ0n) is 13.7. The molecule has 11 heteroatoms. The van der Waals surface area contributed by atoms with E-state index in [0.29, 0.717) is 13.1 Å². The zero-order valence-corrected chi connectivity index (χ0v) is 16.8. The molecule has 0 saturated heterocycles. The van der Waals surface area contributed by atoms with Crippen LogP contribution in [-0.4, -0.2) is 52.0 Å². The molecule has 25 heavy (non-hydrogen) atoms. The van der Waals surface area contributed by atoms with Gasteiger partial charge in [0.2, 0.25) is 3.79 Å². The lowest BCUT2D eigenvalue weighted by Gasteiger charge is -2.18. The average Bonchev–Trinajstić information content (AvgIpc) is 2.53. The first-order valence-electron chi connectivity index (χ1n) is 7.19. The van der Waals surface area contributed by atoms with Crippen LogP contribution in [0.15, 0.2) is 11.8 Å². The van der Waals surface area contributed by atoms with E-state index in [-0.39, 0.29) is 23.6 Å². The Labute approximate surface area is 166 Å². The van der Waals surface area contributed by atoms with Gasteiger partial charge in [0.25, 0.3) is 0 Å². The number of alkyl halides is 3. The van der Waals surface area contributed by atoms with Crippen molar-refractivity contribution < 1.29 is 19.1 Å². The number of hydrogen-bond donors (Lipinski definition) is 1. The third kappa shape index (κ3) is 11.1. The normalized spacial score (nSPS) is 11.3. The molecule has 0 unspecified atom stereocenters. The van der Waals surface area contributed by atoms with Crippen LogP contribution in [0.4, 0.5) is 4.79 Å². The van der Waals surface area contributed by atoms with Crippen LogP contribution >= 0.6 is 47.0 Å². The van der Waals surface area contributed by atoms with E-state index in [1.165, 1.54) is 6.20 Å². The fourth-order valence-corrected chi connectivity index (χ4v) is 1.79. The highest BCUT2D eigenvalue weighted by molar-refractivity contribution is 7.80. The second-order valence-corrected chi connectivity index (χ2v) is 7.38. The first-order valence-corrected chi connectivity index (χ1v) is 8.73. The molecule has 0 aromatic carbocycles. The van der Waals surface area contributed by atoms with Crippen molar-refractivity contribution in [1.29, 1.82) is 5.26 Å². The first kappa shape index (κ1) is 23.7. The Morgan fingerprint density at radius 2 is 1.88 bits per heavy atom. The van der Waals surface area contributed by atoms with Crippen LogP contribution in [0.5, 0.6) is 0 Å². The summed E-state index contributed by atoms with van der Waals surface area (Å²) in [5.41, 5.74) is -0.0533. The Morgan fingerprint density at radius 3 is 2.36 bits per heavy atom. The van der Waals surface area contributed by atoms with Gasteiger partial charge < -0.3 is 14.4 Å². The second-order valence-electron chi connectivity index (χ2n) is 4.45. The van der Waals surface area contributed by atoms with Crippen LogP contribution in [0.3, 0.4) is 0 Å². The minimum atomic E-state index is -1.77. The van der Waals surface area contributed by atoms with E-state index < -0.39 is 22.5 Å².